The Labute approximate surface area is 259 Å². The SMILES string of the molecule is CC[C@H](C(=O)NC1CCCCC1)N(Cc1ccc(F)cc1)C(=O)CN(c1ccc(OC)c(OC)c1)S(=O)(=O)c1ccccc1. The number of carbonyl (C=O) groups is 2. The van der Waals surface area contributed by atoms with Crippen LogP contribution in [-0.4, -0.2) is 58.0 Å². The van der Waals surface area contributed by atoms with Crippen LogP contribution in [0, 0.1) is 5.82 Å². The summed E-state index contributed by atoms with van der Waals surface area (Å²) in [6.07, 6.45) is 5.22. The Hall–Kier alpha value is -4.12. The van der Waals surface area contributed by atoms with Crippen LogP contribution in [0.3, 0.4) is 0 Å². The molecule has 1 aliphatic rings. The Kier molecular flexibility index (Phi) is 11.2. The molecule has 0 aromatic heterocycles. The molecule has 0 spiro atoms. The molecule has 1 N–H and O–H groups in total. The molecule has 1 saturated carbocycles. The van der Waals surface area contributed by atoms with E-state index in [1.54, 1.807) is 36.4 Å². The van der Waals surface area contributed by atoms with Gasteiger partial charge in [0.05, 0.1) is 24.8 Å². The highest BCUT2D eigenvalue weighted by Gasteiger charge is 2.34. The van der Waals surface area contributed by atoms with Crippen molar-refractivity contribution in [1.29, 1.82) is 0 Å². The number of rotatable bonds is 13. The van der Waals surface area contributed by atoms with Gasteiger partial charge in [-0.3, -0.25) is 13.9 Å². The summed E-state index contributed by atoms with van der Waals surface area (Å²) in [6.45, 7) is 1.20. The topological polar surface area (TPSA) is 105 Å². The molecule has 3 aromatic rings. The zero-order valence-corrected chi connectivity index (χ0v) is 26.2. The lowest BCUT2D eigenvalue weighted by Gasteiger charge is -2.34. The van der Waals surface area contributed by atoms with Crippen molar-refractivity contribution in [3.8, 4) is 11.5 Å². The number of hydrogen-bond acceptors (Lipinski definition) is 6. The molecular formula is C33H40FN3O6S. The number of ether oxygens (including phenoxy) is 2. The normalized spacial score (nSPS) is 14.4. The molecule has 1 atom stereocenters. The molecule has 0 radical (unpaired) electrons. The highest BCUT2D eigenvalue weighted by Crippen LogP contribution is 2.34. The van der Waals surface area contributed by atoms with Gasteiger partial charge in [0.15, 0.2) is 11.5 Å². The van der Waals surface area contributed by atoms with Gasteiger partial charge in [-0.15, -0.1) is 0 Å². The molecule has 1 fully saturated rings. The summed E-state index contributed by atoms with van der Waals surface area (Å²) in [5, 5.41) is 3.11. The monoisotopic (exact) mass is 625 g/mol. The second-order valence-corrected chi connectivity index (χ2v) is 12.6. The van der Waals surface area contributed by atoms with Crippen molar-refractivity contribution < 1.29 is 31.9 Å². The lowest BCUT2D eigenvalue weighted by atomic mass is 9.95. The number of methoxy groups -OCH3 is 2. The van der Waals surface area contributed by atoms with Crippen molar-refractivity contribution in [3.05, 3.63) is 84.2 Å². The van der Waals surface area contributed by atoms with Crippen LogP contribution in [0.4, 0.5) is 10.1 Å². The van der Waals surface area contributed by atoms with Crippen LogP contribution in [0.5, 0.6) is 11.5 Å². The summed E-state index contributed by atoms with van der Waals surface area (Å²) in [5.74, 6) is -0.634. The Morgan fingerprint density at radius 2 is 1.59 bits per heavy atom. The van der Waals surface area contributed by atoms with Crippen molar-refractivity contribution in [3.63, 3.8) is 0 Å². The Morgan fingerprint density at radius 1 is 0.932 bits per heavy atom. The molecule has 0 heterocycles. The van der Waals surface area contributed by atoms with Gasteiger partial charge in [0.2, 0.25) is 11.8 Å². The number of hydrogen-bond donors (Lipinski definition) is 1. The third kappa shape index (κ3) is 7.88. The second-order valence-electron chi connectivity index (χ2n) is 10.8. The van der Waals surface area contributed by atoms with Gasteiger partial charge in [-0.1, -0.05) is 56.5 Å². The van der Waals surface area contributed by atoms with Gasteiger partial charge in [0.1, 0.15) is 18.4 Å². The average molecular weight is 626 g/mol. The quantitative estimate of drug-likeness (QED) is 0.277. The summed E-state index contributed by atoms with van der Waals surface area (Å²) in [6, 6.07) is 17.2. The minimum Gasteiger partial charge on any atom is -0.493 e. The summed E-state index contributed by atoms with van der Waals surface area (Å²) in [4.78, 5) is 29.3. The molecular weight excluding hydrogens is 585 g/mol. The lowest BCUT2D eigenvalue weighted by molar-refractivity contribution is -0.140. The average Bonchev–Trinajstić information content (AvgIpc) is 3.04. The molecule has 11 heteroatoms. The maximum Gasteiger partial charge on any atom is 0.264 e. The highest BCUT2D eigenvalue weighted by atomic mass is 32.2. The number of benzene rings is 3. The molecule has 4 rings (SSSR count). The first-order valence-corrected chi connectivity index (χ1v) is 16.3. The molecule has 0 saturated heterocycles. The molecule has 9 nitrogen and oxygen atoms in total. The highest BCUT2D eigenvalue weighted by molar-refractivity contribution is 7.92. The van der Waals surface area contributed by atoms with E-state index in [0.717, 1.165) is 36.4 Å². The second kappa shape index (κ2) is 15.1. The summed E-state index contributed by atoms with van der Waals surface area (Å²) < 4.78 is 53.6. The van der Waals surface area contributed by atoms with E-state index in [0.29, 0.717) is 17.7 Å². The van der Waals surface area contributed by atoms with Crippen LogP contribution >= 0.6 is 0 Å². The molecule has 0 unspecified atom stereocenters. The predicted molar refractivity (Wildman–Crippen MR) is 167 cm³/mol. The van der Waals surface area contributed by atoms with E-state index in [9.17, 15) is 22.4 Å². The molecule has 236 valence electrons. The molecule has 3 aromatic carbocycles. The van der Waals surface area contributed by atoms with E-state index < -0.39 is 34.3 Å². The van der Waals surface area contributed by atoms with Crippen molar-refractivity contribution in [2.75, 3.05) is 25.1 Å². The number of carbonyl (C=O) groups excluding carboxylic acids is 2. The zero-order valence-electron chi connectivity index (χ0n) is 25.4. The summed E-state index contributed by atoms with van der Waals surface area (Å²) in [5.41, 5.74) is 0.786. The fourth-order valence-electron chi connectivity index (χ4n) is 5.48. The van der Waals surface area contributed by atoms with Crippen LogP contribution in [0.1, 0.15) is 51.0 Å². The van der Waals surface area contributed by atoms with E-state index in [4.69, 9.17) is 9.47 Å². The van der Waals surface area contributed by atoms with Gasteiger partial charge in [-0.25, -0.2) is 12.8 Å². The van der Waals surface area contributed by atoms with Crippen LogP contribution in [0.2, 0.25) is 0 Å². The first-order valence-electron chi connectivity index (χ1n) is 14.8. The maximum absolute atomic E-state index is 14.3. The minimum absolute atomic E-state index is 0.00486. The van der Waals surface area contributed by atoms with Gasteiger partial charge in [-0.2, -0.15) is 0 Å². The summed E-state index contributed by atoms with van der Waals surface area (Å²) >= 11 is 0. The zero-order chi connectivity index (χ0) is 31.7. The maximum atomic E-state index is 14.3. The number of halogens is 1. The van der Waals surface area contributed by atoms with E-state index in [1.165, 1.54) is 55.5 Å². The predicted octanol–water partition coefficient (Wildman–Crippen LogP) is 5.29. The number of nitrogens with zero attached hydrogens (tertiary/aromatic N) is 2. The number of nitrogens with one attached hydrogen (secondary N) is 1. The van der Waals surface area contributed by atoms with Gasteiger partial charge in [0, 0.05) is 18.7 Å². The number of anilines is 1. The number of sulfonamides is 1. The molecule has 2 amide bonds. The van der Waals surface area contributed by atoms with Gasteiger partial charge >= 0.3 is 0 Å². The van der Waals surface area contributed by atoms with Crippen LogP contribution in [0.25, 0.3) is 0 Å². The van der Waals surface area contributed by atoms with Crippen molar-refractivity contribution >= 4 is 27.5 Å². The minimum atomic E-state index is -4.24. The molecule has 0 aliphatic heterocycles. The Bertz CT molecular complexity index is 1510. The van der Waals surface area contributed by atoms with Crippen molar-refractivity contribution in [2.45, 2.75) is 69.0 Å². The standard InChI is InChI=1S/C33H40FN3O6S/c1-4-29(33(39)35-26-11-7-5-8-12-26)36(22-24-15-17-25(34)18-16-24)32(38)23-37(44(40,41)28-13-9-6-10-14-28)27-19-20-30(42-2)31(21-27)43-3/h6,9-10,13-21,26,29H,4-5,7-8,11-12,22-23H2,1-3H3,(H,35,39)/t29-/m1/s1. The fourth-order valence-corrected chi connectivity index (χ4v) is 6.91. The van der Waals surface area contributed by atoms with E-state index in [1.807, 2.05) is 6.92 Å². The van der Waals surface area contributed by atoms with Gasteiger partial charge in [0.25, 0.3) is 10.0 Å². The first-order chi connectivity index (χ1) is 21.2. The molecule has 1 aliphatic carbocycles. The third-order valence-electron chi connectivity index (χ3n) is 7.87. The molecule has 44 heavy (non-hydrogen) atoms. The summed E-state index contributed by atoms with van der Waals surface area (Å²) in [7, 11) is -1.34. The van der Waals surface area contributed by atoms with Gasteiger partial charge < -0.3 is 19.7 Å². The van der Waals surface area contributed by atoms with Crippen LogP contribution in [0.15, 0.2) is 77.7 Å². The largest absolute Gasteiger partial charge is 0.493 e. The smallest absolute Gasteiger partial charge is 0.264 e. The van der Waals surface area contributed by atoms with E-state index >= 15 is 0 Å². The molecule has 0 bridgehead atoms. The first kappa shape index (κ1) is 32.8. The Balaban J connectivity index is 1.73. The lowest BCUT2D eigenvalue weighted by Crippen LogP contribution is -2.54. The van der Waals surface area contributed by atoms with E-state index in [-0.39, 0.29) is 34.8 Å². The van der Waals surface area contributed by atoms with Gasteiger partial charge in [-0.05, 0) is 61.2 Å². The van der Waals surface area contributed by atoms with Crippen LogP contribution in [-0.2, 0) is 26.2 Å². The fraction of sp³-hybridized carbons (Fsp3) is 0.394. The van der Waals surface area contributed by atoms with Crippen molar-refractivity contribution in [1.82, 2.24) is 10.2 Å². The third-order valence-corrected chi connectivity index (χ3v) is 9.66. The van der Waals surface area contributed by atoms with E-state index in [2.05, 4.69) is 5.32 Å². The van der Waals surface area contributed by atoms with Crippen LogP contribution < -0.4 is 19.1 Å². The number of amides is 2. The van der Waals surface area contributed by atoms with Crippen molar-refractivity contribution in [2.24, 2.45) is 0 Å². The Morgan fingerprint density at radius 3 is 2.20 bits per heavy atom.